The topological polar surface area (TPSA) is 347 Å². The number of fused-ring (bicyclic) bond motifs is 4. The number of hydrogen-bond donors (Lipinski definition) is 0. The first-order valence-electron chi connectivity index (χ1n) is 26.2. The first kappa shape index (κ1) is 55.6. The molecule has 81 heavy (non-hydrogen) atoms. The van der Waals surface area contributed by atoms with Crippen molar-refractivity contribution in [1.82, 2.24) is 0 Å². The van der Waals surface area contributed by atoms with E-state index in [-0.39, 0.29) is 57.8 Å². The molecule has 24 heteroatoms. The third-order valence-corrected chi connectivity index (χ3v) is 17.1. The molecule has 4 unspecified atom stereocenters. The molecule has 1 aromatic carbocycles. The summed E-state index contributed by atoms with van der Waals surface area (Å²) in [5.74, 6) is -11.9. The Balaban J connectivity index is 0.000000122. The molecule has 422 valence electrons. The van der Waals surface area contributed by atoms with Crippen molar-refractivity contribution in [1.29, 1.82) is 0 Å². The average molecular weight is 1120 g/mol. The van der Waals surface area contributed by atoms with E-state index in [2.05, 4.69) is 28.4 Å². The smallest absolute Gasteiger partial charge is 0.342 e. The lowest BCUT2D eigenvalue weighted by Crippen LogP contribution is -2.40. The average Bonchev–Trinajstić information content (AvgIpc) is 4.09. The largest absolute Gasteiger partial charge is 0.393 e. The van der Waals surface area contributed by atoms with E-state index in [1.165, 1.54) is 0 Å². The summed E-state index contributed by atoms with van der Waals surface area (Å²) in [5, 5.41) is 0. The highest BCUT2D eigenvalue weighted by Crippen LogP contribution is 2.56. The molecule has 8 heterocycles. The van der Waals surface area contributed by atoms with E-state index >= 15 is 0 Å². The molecule has 0 aromatic heterocycles. The van der Waals surface area contributed by atoms with Crippen molar-refractivity contribution in [3.63, 3.8) is 0 Å². The van der Waals surface area contributed by atoms with E-state index in [0.717, 1.165) is 16.7 Å². The summed E-state index contributed by atoms with van der Waals surface area (Å²) >= 11 is 0. The van der Waals surface area contributed by atoms with Gasteiger partial charge in [0.25, 0.3) is 0 Å². The van der Waals surface area contributed by atoms with Gasteiger partial charge in [-0.1, -0.05) is 54.5 Å². The molecule has 13 rings (SSSR count). The Labute approximate surface area is 458 Å². The van der Waals surface area contributed by atoms with Crippen LogP contribution in [0.5, 0.6) is 0 Å². The van der Waals surface area contributed by atoms with E-state index in [0.29, 0.717) is 79.2 Å². The Morgan fingerprint density at radius 1 is 0.383 bits per heavy atom. The van der Waals surface area contributed by atoms with Crippen LogP contribution in [0.1, 0.15) is 129 Å². The molecule has 4 spiro atoms. The molecule has 0 saturated carbocycles. The summed E-state index contributed by atoms with van der Waals surface area (Å²) in [6, 6.07) is 9.21. The van der Waals surface area contributed by atoms with Gasteiger partial charge in [0, 0.05) is 5.57 Å². The zero-order valence-corrected chi connectivity index (χ0v) is 43.6. The number of rotatable bonds is 2. The van der Waals surface area contributed by atoms with E-state index in [4.69, 9.17) is 9.47 Å². The molecule has 8 aliphatic heterocycles. The molecule has 1 aromatic rings. The van der Waals surface area contributed by atoms with Crippen LogP contribution < -0.4 is 0 Å². The number of hydrogen-bond acceptors (Lipinski definition) is 24. The molecule has 0 amide bonds. The van der Waals surface area contributed by atoms with Gasteiger partial charge in [-0.15, -0.1) is 0 Å². The van der Waals surface area contributed by atoms with Crippen LogP contribution in [0.3, 0.4) is 0 Å². The summed E-state index contributed by atoms with van der Waals surface area (Å²) in [6.07, 6.45) is 5.78. The Kier molecular flexibility index (Phi) is 14.2. The molecule has 0 N–H and O–H groups in total. The maximum absolute atomic E-state index is 12.1. The van der Waals surface area contributed by atoms with Crippen molar-refractivity contribution in [3.05, 3.63) is 75.4 Å². The molecule has 8 fully saturated rings. The lowest BCUT2D eigenvalue weighted by atomic mass is 9.62. The minimum atomic E-state index is -0.722. The van der Waals surface area contributed by atoms with Crippen LogP contribution in [0.25, 0.3) is 5.57 Å². The lowest BCUT2D eigenvalue weighted by molar-refractivity contribution is -0.172. The van der Waals surface area contributed by atoms with Crippen molar-refractivity contribution >= 4 is 101 Å². The van der Waals surface area contributed by atoms with Gasteiger partial charge in [0.1, 0.15) is 0 Å². The van der Waals surface area contributed by atoms with Gasteiger partial charge in [-0.05, 0) is 97.5 Å². The van der Waals surface area contributed by atoms with E-state index in [9.17, 15) is 76.7 Å². The Morgan fingerprint density at radius 3 is 1.21 bits per heavy atom. The highest BCUT2D eigenvalue weighted by molar-refractivity contribution is 6.13. The van der Waals surface area contributed by atoms with Crippen molar-refractivity contribution in [2.75, 3.05) is 0 Å². The number of cyclic esters (lactones) is 16. The molecular formula is C57H50O24. The van der Waals surface area contributed by atoms with E-state index < -0.39 is 141 Å². The minimum absolute atomic E-state index is 0.0559. The maximum atomic E-state index is 12.1. The predicted octanol–water partition coefficient (Wildman–Crippen LogP) is 3.72. The Bertz CT molecular complexity index is 3240. The monoisotopic (exact) mass is 1120 g/mol. The van der Waals surface area contributed by atoms with Crippen LogP contribution in [0.2, 0.25) is 0 Å². The van der Waals surface area contributed by atoms with E-state index in [1.54, 1.807) is 13.0 Å². The van der Waals surface area contributed by atoms with Crippen LogP contribution in [-0.4, -0.2) is 95.5 Å². The molecule has 12 aliphatic rings. The number of allylic oxidation sites excluding steroid dienone is 4. The predicted molar refractivity (Wildman–Crippen MR) is 258 cm³/mol. The zero-order valence-electron chi connectivity index (χ0n) is 43.6. The van der Waals surface area contributed by atoms with E-state index in [1.807, 2.05) is 37.3 Å². The highest BCUT2D eigenvalue weighted by atomic mass is 16.6. The SMILES string of the molecule is CC1=C2C(=O)OC(=O)C2CC2(CC(=O)OC(=O)C2)C1.CCC1=C2C(=O)OC(=O)C2CC2(CC(=O)OC(=O)C2)C1.O=C1CC2(CC(=O)O1)CC(c1ccccc1)=C1C(=O)OC(=O)C1C2.O=C1CC2(CC=C3C(=O)OC(=O)C3C2)CC(=O)O1. The van der Waals surface area contributed by atoms with Crippen molar-refractivity contribution in [3.8, 4) is 0 Å². The van der Waals surface area contributed by atoms with Crippen molar-refractivity contribution in [2.45, 2.75) is 123 Å². The second-order valence-corrected chi connectivity index (χ2v) is 22.9. The fourth-order valence-electron chi connectivity index (χ4n) is 13.9. The fourth-order valence-corrected chi connectivity index (χ4v) is 13.9. The molecule has 0 radical (unpaired) electrons. The number of esters is 16. The number of carbonyl (C=O) groups is 16. The summed E-state index contributed by atoms with van der Waals surface area (Å²) < 4.78 is 36.9. The Hall–Kier alpha value is -8.70. The van der Waals surface area contributed by atoms with Gasteiger partial charge in [0.2, 0.25) is 0 Å². The number of ether oxygens (including phenoxy) is 8. The van der Waals surface area contributed by atoms with Gasteiger partial charge in [0.15, 0.2) is 0 Å². The number of benzene rings is 1. The second kappa shape index (κ2) is 20.8. The molecule has 4 atom stereocenters. The first-order valence-corrected chi connectivity index (χ1v) is 26.2. The van der Waals surface area contributed by atoms with Crippen molar-refractivity contribution < 1.29 is 115 Å². The van der Waals surface area contributed by atoms with Gasteiger partial charge in [-0.3, -0.25) is 57.5 Å². The van der Waals surface area contributed by atoms with Crippen LogP contribution in [0.15, 0.2) is 69.8 Å². The molecule has 4 aliphatic carbocycles. The quantitative estimate of drug-likeness (QED) is 0.231. The Morgan fingerprint density at radius 2 is 0.741 bits per heavy atom. The standard InChI is InChI=1S/C18H14O6.C14H14O6.C13H12O6.C12H10O6/c19-13-8-18(9-14(20)23-13)6-11(10-4-2-1-3-5-10)15-12(7-18)16(21)24-17(15)22;1-2-7-3-14(5-9(15)19-10(16)6-14)4-8-11(7)13(18)20-12(8)17;1-6-2-13(4-8(14)18-9(15)5-13)3-7-10(6)12(17)19-11(7)16;13-8-4-12(5-9(14)17-8)2-1-6-7(3-12)11(16)18-10(6)15/h1-5,12H,6-9H2;8H,2-6H2,1H3;7H,2-5H2,1H3;1,7H,2-5H2. The minimum Gasteiger partial charge on any atom is -0.393 e. The fraction of sp³-hybridized carbons (Fsp3) is 0.474. The normalized spacial score (nSPS) is 28.1. The number of carbonyl (C=O) groups excluding carboxylic acids is 16. The van der Waals surface area contributed by atoms with Gasteiger partial charge < -0.3 is 37.9 Å². The van der Waals surface area contributed by atoms with Gasteiger partial charge in [-0.2, -0.15) is 0 Å². The molecule has 8 saturated heterocycles. The summed E-state index contributed by atoms with van der Waals surface area (Å²) in [6.45, 7) is 3.63. The van der Waals surface area contributed by atoms with Gasteiger partial charge in [-0.25, -0.2) is 19.2 Å². The maximum Gasteiger partial charge on any atom is 0.342 e. The van der Waals surface area contributed by atoms with Gasteiger partial charge >= 0.3 is 95.5 Å². The summed E-state index contributed by atoms with van der Waals surface area (Å²) in [4.78, 5) is 186. The van der Waals surface area contributed by atoms with Crippen LogP contribution in [-0.2, 0) is 115 Å². The molecule has 24 nitrogen and oxygen atoms in total. The molecular weight excluding hydrogens is 1070 g/mol. The van der Waals surface area contributed by atoms with Gasteiger partial charge in [0.05, 0.1) is 91.8 Å². The van der Waals surface area contributed by atoms with Crippen molar-refractivity contribution in [2.24, 2.45) is 45.3 Å². The van der Waals surface area contributed by atoms with Crippen LogP contribution >= 0.6 is 0 Å². The first-order chi connectivity index (χ1) is 38.3. The lowest BCUT2D eigenvalue weighted by Gasteiger charge is -2.40. The van der Waals surface area contributed by atoms with Crippen LogP contribution in [0.4, 0.5) is 0 Å². The molecule has 0 bridgehead atoms. The summed E-state index contributed by atoms with van der Waals surface area (Å²) in [5.41, 5.74) is 2.11. The third-order valence-electron chi connectivity index (χ3n) is 17.1. The third kappa shape index (κ3) is 10.8. The zero-order chi connectivity index (χ0) is 58.1. The highest BCUT2D eigenvalue weighted by Gasteiger charge is 2.57. The second-order valence-electron chi connectivity index (χ2n) is 22.9. The summed E-state index contributed by atoms with van der Waals surface area (Å²) in [7, 11) is 0. The van der Waals surface area contributed by atoms with Crippen LogP contribution in [0, 0.1) is 45.3 Å².